The van der Waals surface area contributed by atoms with Crippen LogP contribution in [0.25, 0.3) is 11.3 Å². The first-order valence-corrected chi connectivity index (χ1v) is 4.96. The zero-order chi connectivity index (χ0) is 10.8. The Morgan fingerprint density at radius 2 is 1.93 bits per heavy atom. The highest BCUT2D eigenvalue weighted by atomic mass is 35.5. The molecule has 0 saturated heterocycles. The van der Waals surface area contributed by atoms with Gasteiger partial charge in [0.05, 0.1) is 10.7 Å². The van der Waals surface area contributed by atoms with Gasteiger partial charge in [0.25, 0.3) is 0 Å². The minimum absolute atomic E-state index is 0.212. The maximum Gasteiger partial charge on any atom is 0.220 e. The molecule has 2 aromatic rings. The molecule has 0 saturated carbocycles. The summed E-state index contributed by atoms with van der Waals surface area (Å²) in [6, 6.07) is 6.91. The molecule has 3 nitrogen and oxygen atoms in total. The van der Waals surface area contributed by atoms with Gasteiger partial charge in [-0.25, -0.2) is 9.97 Å². The highest BCUT2D eigenvalue weighted by Gasteiger charge is 2.06. The number of nitrogen functional groups attached to an aromatic ring is 1. The zero-order valence-electron chi connectivity index (χ0n) is 7.61. The summed E-state index contributed by atoms with van der Waals surface area (Å²) in [5.41, 5.74) is 6.90. The van der Waals surface area contributed by atoms with Crippen molar-refractivity contribution >= 4 is 29.2 Å². The number of nitrogens with two attached hydrogens (primary N) is 1. The van der Waals surface area contributed by atoms with Gasteiger partial charge in [-0.3, -0.25) is 0 Å². The van der Waals surface area contributed by atoms with Gasteiger partial charge in [0, 0.05) is 16.8 Å². The van der Waals surface area contributed by atoms with Crippen molar-refractivity contribution in [1.29, 1.82) is 0 Å². The minimum Gasteiger partial charge on any atom is -0.368 e. The van der Waals surface area contributed by atoms with E-state index < -0.39 is 0 Å². The summed E-state index contributed by atoms with van der Waals surface area (Å²) in [6.45, 7) is 0. The van der Waals surface area contributed by atoms with Crippen molar-refractivity contribution in [3.63, 3.8) is 0 Å². The van der Waals surface area contributed by atoms with Gasteiger partial charge < -0.3 is 5.73 Å². The molecule has 0 spiro atoms. The third-order valence-corrected chi connectivity index (χ3v) is 2.44. The first-order valence-electron chi connectivity index (χ1n) is 4.21. The third kappa shape index (κ3) is 2.19. The molecule has 2 rings (SSSR count). The Morgan fingerprint density at radius 1 is 1.13 bits per heavy atom. The maximum atomic E-state index is 6.02. The molecule has 0 radical (unpaired) electrons. The second-order valence-electron chi connectivity index (χ2n) is 2.92. The quantitative estimate of drug-likeness (QED) is 0.833. The van der Waals surface area contributed by atoms with E-state index in [2.05, 4.69) is 9.97 Å². The molecular weight excluding hydrogens is 233 g/mol. The summed E-state index contributed by atoms with van der Waals surface area (Å²) in [4.78, 5) is 7.88. The van der Waals surface area contributed by atoms with Crippen LogP contribution in [0.5, 0.6) is 0 Å². The normalized spacial score (nSPS) is 10.3. The summed E-state index contributed by atoms with van der Waals surface area (Å²) in [7, 11) is 0. The highest BCUT2D eigenvalue weighted by Crippen LogP contribution is 2.29. The SMILES string of the molecule is Nc1nccc(-c2cc(Cl)ccc2Cl)n1. The van der Waals surface area contributed by atoms with Gasteiger partial charge in [-0.15, -0.1) is 0 Å². The van der Waals surface area contributed by atoms with Crippen LogP contribution >= 0.6 is 23.2 Å². The van der Waals surface area contributed by atoms with Crippen molar-refractivity contribution in [3.8, 4) is 11.3 Å². The molecule has 0 bridgehead atoms. The fourth-order valence-electron chi connectivity index (χ4n) is 1.22. The lowest BCUT2D eigenvalue weighted by atomic mass is 10.1. The largest absolute Gasteiger partial charge is 0.368 e. The molecule has 1 aromatic heterocycles. The van der Waals surface area contributed by atoms with E-state index in [0.29, 0.717) is 15.7 Å². The van der Waals surface area contributed by atoms with Gasteiger partial charge in [0.15, 0.2) is 0 Å². The molecule has 0 aliphatic rings. The van der Waals surface area contributed by atoms with Crippen molar-refractivity contribution in [3.05, 3.63) is 40.5 Å². The summed E-state index contributed by atoms with van der Waals surface area (Å²) in [5.74, 6) is 0.212. The van der Waals surface area contributed by atoms with Crippen LogP contribution in [-0.2, 0) is 0 Å². The van der Waals surface area contributed by atoms with Gasteiger partial charge >= 0.3 is 0 Å². The van der Waals surface area contributed by atoms with Gasteiger partial charge in [-0.1, -0.05) is 23.2 Å². The molecule has 0 fully saturated rings. The highest BCUT2D eigenvalue weighted by molar-refractivity contribution is 6.35. The first kappa shape index (κ1) is 10.2. The molecule has 5 heteroatoms. The smallest absolute Gasteiger partial charge is 0.220 e. The van der Waals surface area contributed by atoms with Gasteiger partial charge in [-0.2, -0.15) is 0 Å². The lowest BCUT2D eigenvalue weighted by molar-refractivity contribution is 1.19. The summed E-state index contributed by atoms with van der Waals surface area (Å²) in [5, 5.41) is 1.18. The molecule has 0 amide bonds. The van der Waals surface area contributed by atoms with E-state index in [1.54, 1.807) is 30.5 Å². The first-order chi connectivity index (χ1) is 7.16. The van der Waals surface area contributed by atoms with E-state index in [-0.39, 0.29) is 5.95 Å². The standard InChI is InChI=1S/C10H7Cl2N3/c11-6-1-2-8(12)7(5-6)9-3-4-14-10(13)15-9/h1-5H,(H2,13,14,15). The molecule has 76 valence electrons. The van der Waals surface area contributed by atoms with Crippen LogP contribution in [0.4, 0.5) is 5.95 Å². The van der Waals surface area contributed by atoms with Gasteiger partial charge in [0.2, 0.25) is 5.95 Å². The molecule has 0 atom stereocenters. The number of benzene rings is 1. The van der Waals surface area contributed by atoms with Gasteiger partial charge in [-0.05, 0) is 24.3 Å². The Balaban J connectivity index is 2.58. The van der Waals surface area contributed by atoms with Gasteiger partial charge in [0.1, 0.15) is 0 Å². The zero-order valence-corrected chi connectivity index (χ0v) is 9.13. The summed E-state index contributed by atoms with van der Waals surface area (Å²) >= 11 is 11.9. The molecule has 15 heavy (non-hydrogen) atoms. The van der Waals surface area contributed by atoms with Crippen LogP contribution in [-0.4, -0.2) is 9.97 Å². The van der Waals surface area contributed by atoms with E-state index >= 15 is 0 Å². The monoisotopic (exact) mass is 239 g/mol. The van der Waals surface area contributed by atoms with Crippen molar-refractivity contribution in [2.45, 2.75) is 0 Å². The van der Waals surface area contributed by atoms with E-state index in [9.17, 15) is 0 Å². The topological polar surface area (TPSA) is 51.8 Å². The van der Waals surface area contributed by atoms with Crippen molar-refractivity contribution in [1.82, 2.24) is 9.97 Å². The van der Waals surface area contributed by atoms with Crippen molar-refractivity contribution in [2.24, 2.45) is 0 Å². The van der Waals surface area contributed by atoms with Crippen LogP contribution < -0.4 is 5.73 Å². The van der Waals surface area contributed by atoms with Crippen LogP contribution in [0.3, 0.4) is 0 Å². The maximum absolute atomic E-state index is 6.02. The minimum atomic E-state index is 0.212. The summed E-state index contributed by atoms with van der Waals surface area (Å²) in [6.07, 6.45) is 1.58. The molecule has 0 unspecified atom stereocenters. The van der Waals surface area contributed by atoms with Crippen LogP contribution in [0.1, 0.15) is 0 Å². The van der Waals surface area contributed by atoms with E-state index in [1.807, 2.05) is 0 Å². The molecule has 0 aliphatic heterocycles. The number of aromatic nitrogens is 2. The number of halogens is 2. The van der Waals surface area contributed by atoms with Crippen molar-refractivity contribution in [2.75, 3.05) is 5.73 Å². The van der Waals surface area contributed by atoms with E-state index in [0.717, 1.165) is 5.56 Å². The number of rotatable bonds is 1. The van der Waals surface area contributed by atoms with Crippen molar-refractivity contribution < 1.29 is 0 Å². The summed E-state index contributed by atoms with van der Waals surface area (Å²) < 4.78 is 0. The average molecular weight is 240 g/mol. The molecule has 1 heterocycles. The second-order valence-corrected chi connectivity index (χ2v) is 3.77. The Bertz CT molecular complexity index is 500. The van der Waals surface area contributed by atoms with E-state index in [1.165, 1.54) is 0 Å². The number of hydrogen-bond donors (Lipinski definition) is 1. The van der Waals surface area contributed by atoms with Crippen LogP contribution in [0, 0.1) is 0 Å². The predicted octanol–water partition coefficient (Wildman–Crippen LogP) is 3.03. The lowest BCUT2D eigenvalue weighted by Gasteiger charge is -2.04. The molecule has 0 aliphatic carbocycles. The molecule has 1 aromatic carbocycles. The average Bonchev–Trinajstić information content (AvgIpc) is 2.22. The van der Waals surface area contributed by atoms with E-state index in [4.69, 9.17) is 28.9 Å². The Labute approximate surface area is 96.9 Å². The number of hydrogen-bond acceptors (Lipinski definition) is 3. The Morgan fingerprint density at radius 3 is 2.67 bits per heavy atom. The molecular formula is C10H7Cl2N3. The number of anilines is 1. The van der Waals surface area contributed by atoms with Crippen LogP contribution in [0.15, 0.2) is 30.5 Å². The number of nitrogens with zero attached hydrogens (tertiary/aromatic N) is 2. The molecule has 2 N–H and O–H groups in total. The fraction of sp³-hybridized carbons (Fsp3) is 0. The van der Waals surface area contributed by atoms with Crippen LogP contribution in [0.2, 0.25) is 10.0 Å². The predicted molar refractivity (Wildman–Crippen MR) is 61.9 cm³/mol. The third-order valence-electron chi connectivity index (χ3n) is 1.88. The Hall–Kier alpha value is -1.32. The fourth-order valence-corrected chi connectivity index (χ4v) is 1.60. The Kier molecular flexibility index (Phi) is 2.75. The lowest BCUT2D eigenvalue weighted by Crippen LogP contribution is -1.95. The second kappa shape index (κ2) is 4.04.